The Bertz CT molecular complexity index is 907. The molecule has 9 heteroatoms. The van der Waals surface area contributed by atoms with E-state index in [1.807, 2.05) is 6.20 Å². The van der Waals surface area contributed by atoms with Crippen LogP contribution in [0.2, 0.25) is 0 Å². The van der Waals surface area contributed by atoms with Crippen molar-refractivity contribution in [3.8, 4) is 5.69 Å². The summed E-state index contributed by atoms with van der Waals surface area (Å²) in [6.45, 7) is 2.13. The Labute approximate surface area is 155 Å². The van der Waals surface area contributed by atoms with Gasteiger partial charge in [0, 0.05) is 18.0 Å². The third-order valence-corrected chi connectivity index (χ3v) is 3.81. The monoisotopic (exact) mass is 365 g/mol. The van der Waals surface area contributed by atoms with Crippen molar-refractivity contribution < 1.29 is 9.59 Å². The zero-order chi connectivity index (χ0) is 19.1. The van der Waals surface area contributed by atoms with Crippen molar-refractivity contribution in [1.82, 2.24) is 35.8 Å². The fourth-order valence-electron chi connectivity index (χ4n) is 2.33. The molecule has 0 aliphatic rings. The van der Waals surface area contributed by atoms with E-state index in [1.54, 1.807) is 28.9 Å². The molecule has 0 aliphatic carbocycles. The highest BCUT2D eigenvalue weighted by molar-refractivity contribution is 5.98. The van der Waals surface area contributed by atoms with Crippen LogP contribution in [0.1, 0.15) is 46.3 Å². The predicted octanol–water partition coefficient (Wildman–Crippen LogP) is 1.47. The molecule has 0 saturated heterocycles. The van der Waals surface area contributed by atoms with E-state index in [9.17, 15) is 9.59 Å². The number of nitrogens with one attached hydrogen (secondary N) is 2. The quantitative estimate of drug-likeness (QED) is 0.639. The second-order valence-corrected chi connectivity index (χ2v) is 5.80. The van der Waals surface area contributed by atoms with Crippen molar-refractivity contribution in [3.05, 3.63) is 66.0 Å². The number of nitrogens with zero attached hydrogens (tertiary/aromatic N) is 5. The van der Waals surface area contributed by atoms with Crippen molar-refractivity contribution in [2.24, 2.45) is 0 Å². The van der Waals surface area contributed by atoms with Crippen LogP contribution in [0, 0.1) is 0 Å². The fourth-order valence-corrected chi connectivity index (χ4v) is 2.33. The molecular formula is C18H19N7O2. The number of carbonyl (C=O) groups excluding carboxylic acids is 2. The molecule has 9 nitrogen and oxygen atoms in total. The Balaban J connectivity index is 1.58. The lowest BCUT2D eigenvalue weighted by atomic mass is 10.2. The average molecular weight is 365 g/mol. The average Bonchev–Trinajstić information content (AvgIpc) is 3.20. The number of aryl methyl sites for hydroxylation is 1. The van der Waals surface area contributed by atoms with Crippen molar-refractivity contribution >= 4 is 11.8 Å². The number of hydrogen-bond donors (Lipinski definition) is 2. The molecular weight excluding hydrogens is 346 g/mol. The van der Waals surface area contributed by atoms with Crippen LogP contribution >= 0.6 is 0 Å². The lowest BCUT2D eigenvalue weighted by Crippen LogP contribution is -2.41. The molecule has 0 aliphatic heterocycles. The van der Waals surface area contributed by atoms with Gasteiger partial charge >= 0.3 is 0 Å². The van der Waals surface area contributed by atoms with E-state index in [2.05, 4.69) is 38.1 Å². The second-order valence-electron chi connectivity index (χ2n) is 5.80. The van der Waals surface area contributed by atoms with Gasteiger partial charge in [-0.2, -0.15) is 0 Å². The molecule has 3 aromatic rings. The van der Waals surface area contributed by atoms with Crippen LogP contribution in [0.4, 0.5) is 0 Å². The van der Waals surface area contributed by atoms with Crippen LogP contribution in [0.3, 0.4) is 0 Å². The molecule has 1 aromatic carbocycles. The molecule has 0 fully saturated rings. The highest BCUT2D eigenvalue weighted by atomic mass is 16.2. The van der Waals surface area contributed by atoms with Crippen LogP contribution < -0.4 is 10.9 Å². The largest absolute Gasteiger partial charge is 0.289 e. The van der Waals surface area contributed by atoms with Crippen LogP contribution in [-0.2, 0) is 6.42 Å². The van der Waals surface area contributed by atoms with Gasteiger partial charge in [0.2, 0.25) is 0 Å². The minimum Gasteiger partial charge on any atom is -0.267 e. The molecule has 3 rings (SSSR count). The smallest absolute Gasteiger partial charge is 0.267 e. The molecule has 0 bridgehead atoms. The van der Waals surface area contributed by atoms with Gasteiger partial charge in [-0.1, -0.05) is 18.6 Å². The first-order chi connectivity index (χ1) is 13.2. The Kier molecular flexibility index (Phi) is 5.83. The maximum atomic E-state index is 12.2. The second kappa shape index (κ2) is 8.65. The lowest BCUT2D eigenvalue weighted by Gasteiger charge is -2.07. The summed E-state index contributed by atoms with van der Waals surface area (Å²) in [6.07, 6.45) is 9.10. The number of hydrazine groups is 1. The zero-order valence-corrected chi connectivity index (χ0v) is 14.8. The Morgan fingerprint density at radius 2 is 1.85 bits per heavy atom. The zero-order valence-electron chi connectivity index (χ0n) is 14.8. The standard InChI is InChI=1S/C18H19N7O2/c1-2-3-4-14-12-25(24-21-14)15-7-5-13(6-8-15)17(26)22-23-18(27)16-11-19-9-10-20-16/h5-12H,2-4H2,1H3,(H,22,26)(H,23,27). The van der Waals surface area contributed by atoms with E-state index in [0.717, 1.165) is 30.6 Å². The van der Waals surface area contributed by atoms with E-state index >= 15 is 0 Å². The predicted molar refractivity (Wildman–Crippen MR) is 96.9 cm³/mol. The van der Waals surface area contributed by atoms with Crippen molar-refractivity contribution in [2.45, 2.75) is 26.2 Å². The van der Waals surface area contributed by atoms with Gasteiger partial charge in [0.25, 0.3) is 11.8 Å². The molecule has 0 spiro atoms. The molecule has 2 amide bonds. The topological polar surface area (TPSA) is 115 Å². The first kappa shape index (κ1) is 18.2. The minimum absolute atomic E-state index is 0.109. The molecule has 138 valence electrons. The van der Waals surface area contributed by atoms with Gasteiger partial charge in [0.15, 0.2) is 0 Å². The number of aromatic nitrogens is 5. The third kappa shape index (κ3) is 4.72. The third-order valence-electron chi connectivity index (χ3n) is 3.81. The van der Waals surface area contributed by atoms with Crippen LogP contribution in [0.15, 0.2) is 49.1 Å². The summed E-state index contributed by atoms with van der Waals surface area (Å²) in [5, 5.41) is 8.24. The molecule has 27 heavy (non-hydrogen) atoms. The van der Waals surface area contributed by atoms with Crippen molar-refractivity contribution in [3.63, 3.8) is 0 Å². The lowest BCUT2D eigenvalue weighted by molar-refractivity contribution is 0.0843. The minimum atomic E-state index is -0.546. The molecule has 2 aromatic heterocycles. The van der Waals surface area contributed by atoms with E-state index < -0.39 is 11.8 Å². The van der Waals surface area contributed by atoms with Gasteiger partial charge in [-0.25, -0.2) is 9.67 Å². The molecule has 2 heterocycles. The first-order valence-corrected chi connectivity index (χ1v) is 8.55. The molecule has 0 unspecified atom stereocenters. The van der Waals surface area contributed by atoms with Gasteiger partial charge in [0.1, 0.15) is 5.69 Å². The summed E-state index contributed by atoms with van der Waals surface area (Å²) in [6, 6.07) is 6.81. The van der Waals surface area contributed by atoms with E-state index in [4.69, 9.17) is 0 Å². The maximum Gasteiger partial charge on any atom is 0.289 e. The fraction of sp³-hybridized carbons (Fsp3) is 0.222. The SMILES string of the molecule is CCCCc1cn(-c2ccc(C(=O)NNC(=O)c3cnccn3)cc2)nn1. The Hall–Kier alpha value is -3.62. The Morgan fingerprint density at radius 3 is 2.56 bits per heavy atom. The van der Waals surface area contributed by atoms with Crippen molar-refractivity contribution in [2.75, 3.05) is 0 Å². The summed E-state index contributed by atoms with van der Waals surface area (Å²) >= 11 is 0. The summed E-state index contributed by atoms with van der Waals surface area (Å²) in [4.78, 5) is 31.7. The summed E-state index contributed by atoms with van der Waals surface area (Å²) < 4.78 is 1.67. The summed E-state index contributed by atoms with van der Waals surface area (Å²) in [5.41, 5.74) is 6.88. The Morgan fingerprint density at radius 1 is 1.07 bits per heavy atom. The van der Waals surface area contributed by atoms with E-state index in [1.165, 1.54) is 18.6 Å². The summed E-state index contributed by atoms with van der Waals surface area (Å²) in [5.74, 6) is -0.990. The van der Waals surface area contributed by atoms with Gasteiger partial charge in [0.05, 0.1) is 23.8 Å². The number of benzene rings is 1. The number of hydrogen-bond acceptors (Lipinski definition) is 6. The highest BCUT2D eigenvalue weighted by Crippen LogP contribution is 2.10. The highest BCUT2D eigenvalue weighted by Gasteiger charge is 2.10. The maximum absolute atomic E-state index is 12.2. The van der Waals surface area contributed by atoms with Gasteiger partial charge < -0.3 is 0 Å². The van der Waals surface area contributed by atoms with Crippen LogP contribution in [-0.4, -0.2) is 36.8 Å². The van der Waals surface area contributed by atoms with Crippen LogP contribution in [0.25, 0.3) is 5.69 Å². The van der Waals surface area contributed by atoms with Gasteiger partial charge in [-0.05, 0) is 37.1 Å². The molecule has 2 N–H and O–H groups in total. The molecule has 0 atom stereocenters. The van der Waals surface area contributed by atoms with E-state index in [0.29, 0.717) is 5.56 Å². The van der Waals surface area contributed by atoms with Gasteiger partial charge in [-0.3, -0.25) is 25.4 Å². The van der Waals surface area contributed by atoms with E-state index in [-0.39, 0.29) is 5.69 Å². The number of rotatable bonds is 6. The normalized spacial score (nSPS) is 10.4. The van der Waals surface area contributed by atoms with Gasteiger partial charge in [-0.15, -0.1) is 5.10 Å². The van der Waals surface area contributed by atoms with Crippen LogP contribution in [0.5, 0.6) is 0 Å². The summed E-state index contributed by atoms with van der Waals surface area (Å²) in [7, 11) is 0. The van der Waals surface area contributed by atoms with Crippen molar-refractivity contribution in [1.29, 1.82) is 0 Å². The number of carbonyl (C=O) groups is 2. The molecule has 0 radical (unpaired) electrons. The first-order valence-electron chi connectivity index (χ1n) is 8.55. The number of unbranched alkanes of at least 4 members (excludes halogenated alkanes) is 1. The molecule has 0 saturated carbocycles. The number of amides is 2.